The number of carbonyl (C=O) groups is 1. The maximum absolute atomic E-state index is 13.2. The SMILES string of the molecule is CCCC(C(=O)Nc1c(C)cccc1OOCC)[N+]1(C)CCCCC1. The fourth-order valence-corrected chi connectivity index (χ4v) is 3.74. The van der Waals surface area contributed by atoms with E-state index in [0.29, 0.717) is 18.0 Å². The van der Waals surface area contributed by atoms with Gasteiger partial charge in [0, 0.05) is 6.42 Å². The second-order valence-corrected chi connectivity index (χ2v) is 7.22. The average Bonchev–Trinajstić information content (AvgIpc) is 2.60. The standard InChI is InChI=1S/C20H32N2O3/c1-5-11-17(22(4)14-8-7-9-15-22)20(23)21-19-16(3)12-10-13-18(19)25-24-6-2/h10,12-13,17H,5-9,11,14-15H2,1-4H3/p+1. The first-order valence-corrected chi connectivity index (χ1v) is 9.56. The number of likely N-dealkylation sites (tertiary alicyclic amines) is 1. The summed E-state index contributed by atoms with van der Waals surface area (Å²) in [5.74, 6) is 0.647. The number of piperidine rings is 1. The highest BCUT2D eigenvalue weighted by molar-refractivity contribution is 5.96. The van der Waals surface area contributed by atoms with Crippen molar-refractivity contribution in [3.63, 3.8) is 0 Å². The van der Waals surface area contributed by atoms with Crippen LogP contribution in [0.25, 0.3) is 0 Å². The van der Waals surface area contributed by atoms with Gasteiger partial charge in [0.1, 0.15) is 0 Å². The number of anilines is 1. The largest absolute Gasteiger partial charge is 0.335 e. The van der Waals surface area contributed by atoms with Gasteiger partial charge >= 0.3 is 0 Å². The average molecular weight is 349 g/mol. The van der Waals surface area contributed by atoms with E-state index in [4.69, 9.17) is 9.78 Å². The summed E-state index contributed by atoms with van der Waals surface area (Å²) in [6, 6.07) is 5.68. The van der Waals surface area contributed by atoms with Gasteiger partial charge in [0.05, 0.1) is 32.4 Å². The third kappa shape index (κ3) is 4.95. The number of nitrogens with zero attached hydrogens (tertiary/aromatic N) is 1. The zero-order valence-corrected chi connectivity index (χ0v) is 16.1. The Morgan fingerprint density at radius 1 is 1.24 bits per heavy atom. The van der Waals surface area contributed by atoms with Crippen LogP contribution in [-0.2, 0) is 9.68 Å². The van der Waals surface area contributed by atoms with E-state index in [9.17, 15) is 4.79 Å². The Hall–Kier alpha value is -1.59. The fourth-order valence-electron chi connectivity index (χ4n) is 3.74. The maximum atomic E-state index is 13.2. The number of rotatable bonds is 8. The Morgan fingerprint density at radius 3 is 2.60 bits per heavy atom. The Morgan fingerprint density at radius 2 is 1.96 bits per heavy atom. The Kier molecular flexibility index (Phi) is 7.26. The van der Waals surface area contributed by atoms with Crippen molar-refractivity contribution in [2.24, 2.45) is 0 Å². The topological polar surface area (TPSA) is 47.6 Å². The molecule has 0 radical (unpaired) electrons. The van der Waals surface area contributed by atoms with Gasteiger partial charge in [-0.15, -0.1) is 0 Å². The van der Waals surface area contributed by atoms with Crippen LogP contribution < -0.4 is 10.2 Å². The van der Waals surface area contributed by atoms with Crippen LogP contribution in [0.1, 0.15) is 51.5 Å². The van der Waals surface area contributed by atoms with Crippen molar-refractivity contribution >= 4 is 11.6 Å². The van der Waals surface area contributed by atoms with Crippen molar-refractivity contribution in [3.05, 3.63) is 23.8 Å². The minimum atomic E-state index is -0.0233. The molecule has 1 aliphatic rings. The Balaban J connectivity index is 2.20. The third-order valence-electron chi connectivity index (χ3n) is 5.20. The van der Waals surface area contributed by atoms with E-state index in [-0.39, 0.29) is 11.9 Å². The van der Waals surface area contributed by atoms with Gasteiger partial charge in [-0.1, -0.05) is 19.1 Å². The summed E-state index contributed by atoms with van der Waals surface area (Å²) in [6.07, 6.45) is 5.58. The number of aryl methyl sites for hydroxylation is 1. The number of hydrogen-bond donors (Lipinski definition) is 1. The molecule has 1 fully saturated rings. The first kappa shape index (κ1) is 19.7. The van der Waals surface area contributed by atoms with Crippen LogP contribution in [0.2, 0.25) is 0 Å². The number of para-hydroxylation sites is 1. The summed E-state index contributed by atoms with van der Waals surface area (Å²) in [6.45, 7) is 8.60. The molecule has 0 saturated carbocycles. The lowest BCUT2D eigenvalue weighted by molar-refractivity contribution is -0.929. The molecule has 1 saturated heterocycles. The van der Waals surface area contributed by atoms with Gasteiger partial charge in [-0.25, -0.2) is 0 Å². The molecule has 0 aliphatic carbocycles. The molecule has 140 valence electrons. The van der Waals surface area contributed by atoms with E-state index < -0.39 is 0 Å². The Labute approximate surface area is 151 Å². The molecule has 1 heterocycles. The lowest BCUT2D eigenvalue weighted by atomic mass is 10.0. The summed E-state index contributed by atoms with van der Waals surface area (Å²) in [7, 11) is 2.23. The summed E-state index contributed by atoms with van der Waals surface area (Å²) in [4.78, 5) is 23.6. The molecule has 1 aromatic carbocycles. The third-order valence-corrected chi connectivity index (χ3v) is 5.20. The minimum Gasteiger partial charge on any atom is -0.335 e. The monoisotopic (exact) mass is 349 g/mol. The van der Waals surface area contributed by atoms with Gasteiger partial charge in [-0.2, -0.15) is 4.89 Å². The molecule has 2 rings (SSSR count). The zero-order valence-electron chi connectivity index (χ0n) is 16.1. The highest BCUT2D eigenvalue weighted by Gasteiger charge is 2.39. The van der Waals surface area contributed by atoms with Gasteiger partial charge in [-0.05, 0) is 51.2 Å². The summed E-state index contributed by atoms with van der Waals surface area (Å²) < 4.78 is 0.840. The highest BCUT2D eigenvalue weighted by atomic mass is 17.2. The van der Waals surface area contributed by atoms with Crippen molar-refractivity contribution in [1.82, 2.24) is 0 Å². The van der Waals surface area contributed by atoms with E-state index in [2.05, 4.69) is 19.3 Å². The molecule has 1 aromatic rings. The number of hydrogen-bond acceptors (Lipinski definition) is 3. The lowest BCUT2D eigenvalue weighted by Crippen LogP contribution is -2.59. The predicted molar refractivity (Wildman–Crippen MR) is 101 cm³/mol. The molecule has 1 atom stereocenters. The van der Waals surface area contributed by atoms with Gasteiger partial charge in [0.25, 0.3) is 5.91 Å². The number of nitrogens with one attached hydrogen (secondary N) is 1. The minimum absolute atomic E-state index is 0.0233. The van der Waals surface area contributed by atoms with E-state index >= 15 is 0 Å². The molecule has 25 heavy (non-hydrogen) atoms. The number of carbonyl (C=O) groups excluding carboxylic acids is 1. The van der Waals surface area contributed by atoms with Crippen LogP contribution >= 0.6 is 0 Å². The molecule has 0 aromatic heterocycles. The molecule has 1 aliphatic heterocycles. The van der Waals surface area contributed by atoms with Crippen LogP contribution in [0.15, 0.2) is 18.2 Å². The molecule has 1 unspecified atom stereocenters. The molecule has 1 amide bonds. The van der Waals surface area contributed by atoms with Crippen LogP contribution in [0, 0.1) is 6.92 Å². The van der Waals surface area contributed by atoms with E-state index in [1.807, 2.05) is 32.0 Å². The van der Waals surface area contributed by atoms with Crippen LogP contribution in [0.3, 0.4) is 0 Å². The second-order valence-electron chi connectivity index (χ2n) is 7.22. The molecular formula is C20H33N2O3+. The van der Waals surface area contributed by atoms with Crippen molar-refractivity contribution < 1.29 is 19.1 Å². The maximum Gasteiger partial charge on any atom is 0.282 e. The first-order valence-electron chi connectivity index (χ1n) is 9.56. The van der Waals surface area contributed by atoms with Gasteiger partial charge in [0.15, 0.2) is 11.8 Å². The lowest BCUT2D eigenvalue weighted by Gasteiger charge is -2.43. The van der Waals surface area contributed by atoms with E-state index in [0.717, 1.165) is 36.0 Å². The van der Waals surface area contributed by atoms with Crippen molar-refractivity contribution in [2.45, 2.75) is 58.9 Å². The van der Waals surface area contributed by atoms with Crippen molar-refractivity contribution in [2.75, 3.05) is 32.1 Å². The molecule has 5 nitrogen and oxygen atoms in total. The van der Waals surface area contributed by atoms with Crippen LogP contribution in [0.4, 0.5) is 5.69 Å². The van der Waals surface area contributed by atoms with Gasteiger partial charge in [0.2, 0.25) is 0 Å². The number of quaternary nitrogens is 1. The molecule has 5 heteroatoms. The molecule has 0 bridgehead atoms. The quantitative estimate of drug-likeness (QED) is 0.437. The zero-order chi connectivity index (χ0) is 18.3. The van der Waals surface area contributed by atoms with Crippen molar-refractivity contribution in [3.8, 4) is 5.75 Å². The van der Waals surface area contributed by atoms with Crippen LogP contribution in [0.5, 0.6) is 5.75 Å². The van der Waals surface area contributed by atoms with E-state index in [1.54, 1.807) is 0 Å². The number of likely N-dealkylation sites (N-methyl/N-ethyl adjacent to an activating group) is 1. The van der Waals surface area contributed by atoms with E-state index in [1.165, 1.54) is 19.3 Å². The van der Waals surface area contributed by atoms with Gasteiger partial charge in [-0.3, -0.25) is 4.79 Å². The predicted octanol–water partition coefficient (Wildman–Crippen LogP) is 4.06. The number of amides is 1. The highest BCUT2D eigenvalue weighted by Crippen LogP contribution is 2.30. The number of benzene rings is 1. The van der Waals surface area contributed by atoms with Crippen molar-refractivity contribution in [1.29, 1.82) is 0 Å². The summed E-state index contributed by atoms with van der Waals surface area (Å²) in [5, 5.41) is 3.14. The summed E-state index contributed by atoms with van der Waals surface area (Å²) >= 11 is 0. The van der Waals surface area contributed by atoms with Gasteiger partial charge < -0.3 is 14.7 Å². The van der Waals surface area contributed by atoms with Crippen LogP contribution in [-0.4, -0.2) is 43.2 Å². The fraction of sp³-hybridized carbons (Fsp3) is 0.650. The normalized spacial score (nSPS) is 17.8. The first-order chi connectivity index (χ1) is 12.0. The second kappa shape index (κ2) is 9.20. The smallest absolute Gasteiger partial charge is 0.282 e. The molecular weight excluding hydrogens is 316 g/mol. The summed E-state index contributed by atoms with van der Waals surface area (Å²) in [5.41, 5.74) is 1.69. The molecule has 0 spiro atoms. The Bertz CT molecular complexity index is 568. The molecule has 1 N–H and O–H groups in total.